The van der Waals surface area contributed by atoms with E-state index < -0.39 is 0 Å². The number of nitrogens with one attached hydrogen (secondary N) is 1. The maximum absolute atomic E-state index is 12.9. The van der Waals surface area contributed by atoms with Crippen LogP contribution in [0.25, 0.3) is 0 Å². The summed E-state index contributed by atoms with van der Waals surface area (Å²) in [4.78, 5) is 1.15. The van der Waals surface area contributed by atoms with Crippen molar-refractivity contribution in [3.63, 3.8) is 0 Å². The highest BCUT2D eigenvalue weighted by Gasteiger charge is 2.16. The predicted octanol–water partition coefficient (Wildman–Crippen LogP) is 2.88. The fourth-order valence-electron chi connectivity index (χ4n) is 1.92. The van der Waals surface area contributed by atoms with Crippen LogP contribution >= 0.6 is 11.5 Å². The normalized spacial score (nSPS) is 12.6. The summed E-state index contributed by atoms with van der Waals surface area (Å²) in [5.74, 6) is -0.200. The Morgan fingerprint density at radius 2 is 2.06 bits per heavy atom. The van der Waals surface area contributed by atoms with Crippen molar-refractivity contribution in [3.8, 4) is 0 Å². The van der Waals surface area contributed by atoms with Gasteiger partial charge in [-0.15, -0.1) is 5.10 Å². The van der Waals surface area contributed by atoms with Crippen molar-refractivity contribution in [2.24, 2.45) is 0 Å². The Morgan fingerprint density at radius 3 is 2.61 bits per heavy atom. The summed E-state index contributed by atoms with van der Waals surface area (Å²) < 4.78 is 16.8. The van der Waals surface area contributed by atoms with Gasteiger partial charge in [-0.25, -0.2) is 4.39 Å². The molecule has 0 aliphatic carbocycles. The molecule has 2 aromatic rings. The molecule has 0 saturated carbocycles. The summed E-state index contributed by atoms with van der Waals surface area (Å²) in [7, 11) is 0. The van der Waals surface area contributed by atoms with Gasteiger partial charge in [-0.2, -0.15) is 0 Å². The maximum Gasteiger partial charge on any atom is 0.123 e. The lowest BCUT2D eigenvalue weighted by Gasteiger charge is -2.16. The van der Waals surface area contributed by atoms with E-state index in [4.69, 9.17) is 0 Å². The number of halogens is 1. The molecule has 0 aliphatic rings. The Balaban J connectivity index is 2.16. The zero-order valence-corrected chi connectivity index (χ0v) is 11.3. The average Bonchev–Trinajstić information content (AvgIpc) is 2.78. The molecule has 0 fully saturated rings. The highest BCUT2D eigenvalue weighted by molar-refractivity contribution is 7.05. The SMILES string of the molecule is CCNC(Cc1ccc(F)cc1)c1snnc1C. The molecule has 0 amide bonds. The predicted molar refractivity (Wildman–Crippen MR) is 71.2 cm³/mol. The van der Waals surface area contributed by atoms with Gasteiger partial charge in [0.25, 0.3) is 0 Å². The fraction of sp³-hybridized carbons (Fsp3) is 0.385. The van der Waals surface area contributed by atoms with Crippen molar-refractivity contribution in [3.05, 3.63) is 46.2 Å². The second-order valence-electron chi connectivity index (χ2n) is 4.16. The zero-order valence-electron chi connectivity index (χ0n) is 10.5. The van der Waals surface area contributed by atoms with Crippen LogP contribution in [0.4, 0.5) is 4.39 Å². The molecule has 1 N–H and O–H groups in total. The van der Waals surface area contributed by atoms with Gasteiger partial charge in [0.05, 0.1) is 10.6 Å². The minimum absolute atomic E-state index is 0.195. The molecule has 1 aromatic carbocycles. The molecule has 0 bridgehead atoms. The molecule has 18 heavy (non-hydrogen) atoms. The number of hydrogen-bond acceptors (Lipinski definition) is 4. The van der Waals surface area contributed by atoms with E-state index >= 15 is 0 Å². The lowest BCUT2D eigenvalue weighted by atomic mass is 10.0. The van der Waals surface area contributed by atoms with E-state index in [-0.39, 0.29) is 11.9 Å². The van der Waals surface area contributed by atoms with Gasteiger partial charge < -0.3 is 5.32 Å². The third kappa shape index (κ3) is 3.11. The molecule has 1 aromatic heterocycles. The van der Waals surface area contributed by atoms with Crippen LogP contribution in [0.2, 0.25) is 0 Å². The monoisotopic (exact) mass is 265 g/mol. The van der Waals surface area contributed by atoms with Crippen molar-refractivity contribution >= 4 is 11.5 Å². The quantitative estimate of drug-likeness (QED) is 0.903. The van der Waals surface area contributed by atoms with E-state index in [1.807, 2.05) is 19.1 Å². The second-order valence-corrected chi connectivity index (χ2v) is 4.95. The van der Waals surface area contributed by atoms with Gasteiger partial charge >= 0.3 is 0 Å². The van der Waals surface area contributed by atoms with Crippen LogP contribution in [0, 0.1) is 12.7 Å². The Kier molecular flexibility index (Phi) is 4.38. The smallest absolute Gasteiger partial charge is 0.123 e. The summed E-state index contributed by atoms with van der Waals surface area (Å²) >= 11 is 1.42. The molecule has 96 valence electrons. The molecule has 1 unspecified atom stereocenters. The van der Waals surface area contributed by atoms with Gasteiger partial charge in [-0.1, -0.05) is 23.5 Å². The number of hydrogen-bond donors (Lipinski definition) is 1. The molecule has 0 radical (unpaired) electrons. The number of aryl methyl sites for hydroxylation is 1. The number of benzene rings is 1. The van der Waals surface area contributed by atoms with Gasteiger partial charge in [0, 0.05) is 6.04 Å². The van der Waals surface area contributed by atoms with Crippen LogP contribution in [-0.2, 0) is 6.42 Å². The minimum atomic E-state index is -0.200. The van der Waals surface area contributed by atoms with Crippen molar-refractivity contribution in [1.82, 2.24) is 14.9 Å². The summed E-state index contributed by atoms with van der Waals surface area (Å²) in [5, 5.41) is 7.47. The first-order valence-electron chi connectivity index (χ1n) is 5.97. The first kappa shape index (κ1) is 13.1. The zero-order chi connectivity index (χ0) is 13.0. The van der Waals surface area contributed by atoms with E-state index in [2.05, 4.69) is 21.8 Å². The van der Waals surface area contributed by atoms with E-state index in [9.17, 15) is 4.39 Å². The number of nitrogens with zero attached hydrogens (tertiary/aromatic N) is 2. The van der Waals surface area contributed by atoms with Gasteiger partial charge in [-0.05, 0) is 49.1 Å². The van der Waals surface area contributed by atoms with Crippen LogP contribution < -0.4 is 5.32 Å². The van der Waals surface area contributed by atoms with Crippen LogP contribution in [0.1, 0.15) is 29.1 Å². The second kappa shape index (κ2) is 6.02. The average molecular weight is 265 g/mol. The highest BCUT2D eigenvalue weighted by atomic mass is 32.1. The molecule has 1 heterocycles. The molecule has 0 aliphatic heterocycles. The van der Waals surface area contributed by atoms with E-state index in [1.165, 1.54) is 23.7 Å². The Labute approximate surface area is 110 Å². The largest absolute Gasteiger partial charge is 0.309 e. The van der Waals surface area contributed by atoms with Crippen molar-refractivity contribution in [2.45, 2.75) is 26.3 Å². The third-order valence-electron chi connectivity index (χ3n) is 2.81. The van der Waals surface area contributed by atoms with Gasteiger partial charge in [0.2, 0.25) is 0 Å². The van der Waals surface area contributed by atoms with Crippen molar-refractivity contribution in [1.29, 1.82) is 0 Å². The van der Waals surface area contributed by atoms with Crippen LogP contribution in [0.5, 0.6) is 0 Å². The molecular formula is C13H16FN3S. The molecule has 2 rings (SSSR count). The Bertz CT molecular complexity index is 495. The number of aromatic nitrogens is 2. The Hall–Kier alpha value is -1.33. The maximum atomic E-state index is 12.9. The lowest BCUT2D eigenvalue weighted by Crippen LogP contribution is -2.22. The first-order valence-corrected chi connectivity index (χ1v) is 6.74. The first-order chi connectivity index (χ1) is 8.70. The van der Waals surface area contributed by atoms with Crippen LogP contribution in [0.15, 0.2) is 24.3 Å². The molecule has 5 heteroatoms. The fourth-order valence-corrected chi connectivity index (χ4v) is 2.64. The third-order valence-corrected chi connectivity index (χ3v) is 3.75. The molecule has 0 spiro atoms. The molecular weight excluding hydrogens is 249 g/mol. The standard InChI is InChI=1S/C13H16FN3S/c1-3-15-12(13-9(2)16-17-18-13)8-10-4-6-11(14)7-5-10/h4-7,12,15H,3,8H2,1-2H3. The topological polar surface area (TPSA) is 37.8 Å². The van der Waals surface area contributed by atoms with Crippen molar-refractivity contribution < 1.29 is 4.39 Å². The number of rotatable bonds is 5. The summed E-state index contributed by atoms with van der Waals surface area (Å²) in [6.07, 6.45) is 0.818. The lowest BCUT2D eigenvalue weighted by molar-refractivity contribution is 0.553. The molecule has 0 saturated heterocycles. The summed E-state index contributed by atoms with van der Waals surface area (Å²) in [6.45, 7) is 4.92. The van der Waals surface area contributed by atoms with E-state index in [1.54, 1.807) is 0 Å². The summed E-state index contributed by atoms with van der Waals surface area (Å²) in [5.41, 5.74) is 2.07. The van der Waals surface area contributed by atoms with Gasteiger partial charge in [0.1, 0.15) is 5.82 Å². The number of likely N-dealkylation sites (N-methyl/N-ethyl adjacent to an activating group) is 1. The highest BCUT2D eigenvalue weighted by Crippen LogP contribution is 2.23. The molecule has 1 atom stereocenters. The van der Waals surface area contributed by atoms with Gasteiger partial charge in [0.15, 0.2) is 0 Å². The Morgan fingerprint density at radius 1 is 1.33 bits per heavy atom. The van der Waals surface area contributed by atoms with E-state index in [0.29, 0.717) is 0 Å². The van der Waals surface area contributed by atoms with Crippen molar-refractivity contribution in [2.75, 3.05) is 6.54 Å². The van der Waals surface area contributed by atoms with Crippen LogP contribution in [-0.4, -0.2) is 16.1 Å². The van der Waals surface area contributed by atoms with Crippen LogP contribution in [0.3, 0.4) is 0 Å². The summed E-state index contributed by atoms with van der Waals surface area (Å²) in [6, 6.07) is 6.83. The molecule has 3 nitrogen and oxygen atoms in total. The minimum Gasteiger partial charge on any atom is -0.309 e. The van der Waals surface area contributed by atoms with E-state index in [0.717, 1.165) is 29.1 Å². The van der Waals surface area contributed by atoms with Gasteiger partial charge in [-0.3, -0.25) is 0 Å².